The minimum Gasteiger partial charge on any atom is -0.292 e. The smallest absolute Gasteiger partial charge is 0.184 e. The van der Waals surface area contributed by atoms with Crippen molar-refractivity contribution in [1.29, 1.82) is 0 Å². The Labute approximate surface area is 170 Å². The summed E-state index contributed by atoms with van der Waals surface area (Å²) in [5, 5.41) is 0.600. The van der Waals surface area contributed by atoms with Crippen LogP contribution >= 0.6 is 11.6 Å². The molecule has 5 heteroatoms. The Morgan fingerprint density at radius 3 is 1.68 bits per heavy atom. The highest BCUT2D eigenvalue weighted by molar-refractivity contribution is 6.43. The Kier molecular flexibility index (Phi) is 6.88. The monoisotopic (exact) mass is 394 g/mol. The molecule has 1 aliphatic rings. The lowest BCUT2D eigenvalue weighted by molar-refractivity contribution is 0.0994. The predicted molar refractivity (Wildman–Crippen MR) is 114 cm³/mol. The number of benzene rings is 2. The van der Waals surface area contributed by atoms with Crippen LogP contribution in [0, 0.1) is 6.92 Å². The summed E-state index contributed by atoms with van der Waals surface area (Å²) in [6, 6.07) is 14.3. The zero-order valence-electron chi connectivity index (χ0n) is 16.0. The Morgan fingerprint density at radius 1 is 0.786 bits per heavy atom. The normalized spacial score (nSPS) is 17.1. The van der Waals surface area contributed by atoms with E-state index >= 15 is 0 Å². The van der Waals surface area contributed by atoms with Crippen molar-refractivity contribution in [3.63, 3.8) is 0 Å². The van der Waals surface area contributed by atoms with Gasteiger partial charge in [0.05, 0.1) is 11.4 Å². The second-order valence-corrected chi connectivity index (χ2v) is 7.39. The number of hydrogen-bond acceptors (Lipinski definition) is 4. The van der Waals surface area contributed by atoms with Crippen molar-refractivity contribution in [2.24, 2.45) is 9.98 Å². The van der Waals surface area contributed by atoms with E-state index in [-0.39, 0.29) is 24.7 Å². The topological polar surface area (TPSA) is 58.9 Å². The van der Waals surface area contributed by atoms with Gasteiger partial charge in [0.1, 0.15) is 13.1 Å². The molecule has 144 valence electrons. The van der Waals surface area contributed by atoms with Crippen molar-refractivity contribution < 1.29 is 9.59 Å². The van der Waals surface area contributed by atoms with Crippen LogP contribution in [-0.2, 0) is 0 Å². The molecule has 1 aliphatic carbocycles. The van der Waals surface area contributed by atoms with Crippen LogP contribution in [-0.4, -0.2) is 36.1 Å². The summed E-state index contributed by atoms with van der Waals surface area (Å²) in [6.45, 7) is 2.19. The van der Waals surface area contributed by atoms with Gasteiger partial charge in [-0.1, -0.05) is 41.4 Å². The number of aliphatic imine (C=N–C) groups is 2. The number of nitrogens with zero attached hydrogens (tertiary/aromatic N) is 2. The van der Waals surface area contributed by atoms with E-state index in [9.17, 15) is 9.59 Å². The van der Waals surface area contributed by atoms with E-state index < -0.39 is 0 Å². The molecule has 0 bridgehead atoms. The quantitative estimate of drug-likeness (QED) is 0.634. The lowest BCUT2D eigenvalue weighted by Gasteiger charge is -2.16. The third-order valence-corrected chi connectivity index (χ3v) is 5.03. The fourth-order valence-corrected chi connectivity index (χ4v) is 3.23. The second-order valence-electron chi connectivity index (χ2n) is 6.95. The molecule has 1 saturated carbocycles. The van der Waals surface area contributed by atoms with Crippen molar-refractivity contribution in [3.05, 3.63) is 70.2 Å². The summed E-state index contributed by atoms with van der Waals surface area (Å²) in [5.41, 5.74) is 4.09. The molecule has 0 aromatic heterocycles. The van der Waals surface area contributed by atoms with E-state index in [0.717, 1.165) is 42.7 Å². The Balaban J connectivity index is 1.67. The highest BCUT2D eigenvalue weighted by Crippen LogP contribution is 2.15. The summed E-state index contributed by atoms with van der Waals surface area (Å²) in [5.74, 6) is -0.0560. The minimum atomic E-state index is -0.0511. The van der Waals surface area contributed by atoms with Crippen molar-refractivity contribution >= 4 is 34.6 Å². The van der Waals surface area contributed by atoms with Gasteiger partial charge in [0, 0.05) is 16.1 Å². The van der Waals surface area contributed by atoms with Crippen LogP contribution in [0.4, 0.5) is 0 Å². The third kappa shape index (κ3) is 5.46. The number of carbonyl (C=O) groups is 2. The van der Waals surface area contributed by atoms with Gasteiger partial charge in [0.15, 0.2) is 11.6 Å². The largest absolute Gasteiger partial charge is 0.292 e. The molecule has 0 heterocycles. The maximum Gasteiger partial charge on any atom is 0.184 e. The molecule has 0 amide bonds. The maximum atomic E-state index is 12.4. The summed E-state index contributed by atoms with van der Waals surface area (Å²) in [6.07, 6.45) is 3.65. The molecule has 0 N–H and O–H groups in total. The highest BCUT2D eigenvalue weighted by atomic mass is 35.5. The minimum absolute atomic E-state index is 0.00494. The van der Waals surface area contributed by atoms with Gasteiger partial charge in [-0.25, -0.2) is 0 Å². The molecule has 4 nitrogen and oxygen atoms in total. The van der Waals surface area contributed by atoms with Gasteiger partial charge in [0.2, 0.25) is 0 Å². The summed E-state index contributed by atoms with van der Waals surface area (Å²) < 4.78 is 0. The molecule has 0 unspecified atom stereocenters. The molecule has 0 aliphatic heterocycles. The first kappa shape index (κ1) is 20.2. The van der Waals surface area contributed by atoms with E-state index in [0.29, 0.717) is 16.1 Å². The molecule has 28 heavy (non-hydrogen) atoms. The Morgan fingerprint density at radius 2 is 1.21 bits per heavy atom. The molecular weight excluding hydrogens is 372 g/mol. The zero-order valence-corrected chi connectivity index (χ0v) is 16.7. The van der Waals surface area contributed by atoms with E-state index in [1.807, 2.05) is 31.2 Å². The van der Waals surface area contributed by atoms with E-state index in [1.54, 1.807) is 24.3 Å². The van der Waals surface area contributed by atoms with Crippen LogP contribution in [0.25, 0.3) is 0 Å². The number of halogens is 1. The van der Waals surface area contributed by atoms with E-state index in [4.69, 9.17) is 11.6 Å². The van der Waals surface area contributed by atoms with Crippen LogP contribution in [0.5, 0.6) is 0 Å². The van der Waals surface area contributed by atoms with Gasteiger partial charge in [0.25, 0.3) is 0 Å². The van der Waals surface area contributed by atoms with Gasteiger partial charge >= 0.3 is 0 Å². The fourth-order valence-electron chi connectivity index (χ4n) is 3.11. The van der Waals surface area contributed by atoms with Gasteiger partial charge in [-0.05, 0) is 56.9 Å². The first-order valence-electron chi connectivity index (χ1n) is 9.48. The molecule has 1 fully saturated rings. The Bertz CT molecular complexity index is 835. The van der Waals surface area contributed by atoms with Crippen LogP contribution < -0.4 is 0 Å². The maximum absolute atomic E-state index is 12.4. The van der Waals surface area contributed by atoms with Crippen LogP contribution in [0.3, 0.4) is 0 Å². The van der Waals surface area contributed by atoms with Crippen molar-refractivity contribution in [3.8, 4) is 0 Å². The standard InChI is InChI=1S/C23H23ClN2O2/c1-16-6-8-17(9-7-16)22(27)14-25-20-4-2-3-5-21(20)26-15-23(28)18-10-12-19(24)13-11-18/h6-13H,2-5,14-15H2,1H3/b25-20-,26-21-. The summed E-state index contributed by atoms with van der Waals surface area (Å²) >= 11 is 5.86. The molecule has 0 atom stereocenters. The molecule has 2 aromatic rings. The number of hydrogen-bond donors (Lipinski definition) is 0. The Hall–Kier alpha value is -2.59. The van der Waals surface area contributed by atoms with Gasteiger partial charge in [-0.15, -0.1) is 0 Å². The molecular formula is C23H23ClN2O2. The molecule has 2 aromatic carbocycles. The zero-order chi connectivity index (χ0) is 19.9. The third-order valence-electron chi connectivity index (χ3n) is 4.78. The van der Waals surface area contributed by atoms with Crippen molar-refractivity contribution in [1.82, 2.24) is 0 Å². The number of carbonyl (C=O) groups excluding carboxylic acids is 2. The molecule has 0 saturated heterocycles. The first-order chi connectivity index (χ1) is 13.5. The van der Waals surface area contributed by atoms with E-state index in [1.165, 1.54) is 0 Å². The van der Waals surface area contributed by atoms with Gasteiger partial charge in [-0.3, -0.25) is 19.6 Å². The number of rotatable bonds is 6. The average molecular weight is 395 g/mol. The van der Waals surface area contributed by atoms with Crippen LogP contribution in [0.1, 0.15) is 52.0 Å². The first-order valence-corrected chi connectivity index (χ1v) is 9.86. The second kappa shape index (κ2) is 9.56. The van der Waals surface area contributed by atoms with Crippen molar-refractivity contribution in [2.75, 3.05) is 13.1 Å². The molecule has 0 spiro atoms. The van der Waals surface area contributed by atoms with E-state index in [2.05, 4.69) is 9.98 Å². The fraction of sp³-hybridized carbons (Fsp3) is 0.304. The van der Waals surface area contributed by atoms with Crippen LogP contribution in [0.2, 0.25) is 5.02 Å². The predicted octanol–water partition coefficient (Wildman–Crippen LogP) is 5.17. The average Bonchev–Trinajstić information content (AvgIpc) is 2.72. The number of aryl methyl sites for hydroxylation is 1. The molecule has 0 radical (unpaired) electrons. The van der Waals surface area contributed by atoms with Crippen LogP contribution in [0.15, 0.2) is 58.5 Å². The highest BCUT2D eigenvalue weighted by Gasteiger charge is 2.16. The summed E-state index contributed by atoms with van der Waals surface area (Å²) in [7, 11) is 0. The number of Topliss-reactive ketones (excluding diaryl/α,β-unsaturated/α-hetero) is 2. The molecule has 3 rings (SSSR count). The SMILES string of the molecule is Cc1ccc(C(=O)C/N=C2/CCCC/C2=N/CC(=O)c2ccc(Cl)cc2)cc1. The lowest BCUT2D eigenvalue weighted by Crippen LogP contribution is -2.22. The number of ketones is 2. The summed E-state index contributed by atoms with van der Waals surface area (Å²) in [4.78, 5) is 33.8. The van der Waals surface area contributed by atoms with Gasteiger partial charge < -0.3 is 0 Å². The lowest BCUT2D eigenvalue weighted by atomic mass is 9.96. The van der Waals surface area contributed by atoms with Crippen molar-refractivity contribution in [2.45, 2.75) is 32.6 Å². The van der Waals surface area contributed by atoms with Gasteiger partial charge in [-0.2, -0.15) is 0 Å².